The Kier molecular flexibility index (Phi) is 35.8. The van der Waals surface area contributed by atoms with Crippen LogP contribution >= 0.6 is 7.82 Å². The van der Waals surface area contributed by atoms with Crippen LogP contribution in [0.2, 0.25) is 0 Å². The van der Waals surface area contributed by atoms with Crippen molar-refractivity contribution in [2.75, 3.05) is 26.4 Å². The van der Waals surface area contributed by atoms with Crippen LogP contribution < -0.4 is 5.73 Å². The van der Waals surface area contributed by atoms with Crippen LogP contribution in [0.1, 0.15) is 155 Å². The fraction of sp³-hybridized carbons (Fsp3) is 0.707. The van der Waals surface area contributed by atoms with Crippen LogP contribution in [0.3, 0.4) is 0 Å². The summed E-state index contributed by atoms with van der Waals surface area (Å²) in [5.41, 5.74) is 5.33. The van der Waals surface area contributed by atoms with Gasteiger partial charge in [0.1, 0.15) is 6.61 Å². The molecule has 0 bridgehead atoms. The number of esters is 2. The van der Waals surface area contributed by atoms with Gasteiger partial charge < -0.3 is 20.1 Å². The average molecular weight is 738 g/mol. The fourth-order valence-corrected chi connectivity index (χ4v) is 5.74. The molecule has 0 rings (SSSR count). The molecule has 10 heteroatoms. The molecule has 51 heavy (non-hydrogen) atoms. The number of rotatable bonds is 36. The van der Waals surface area contributed by atoms with Crippen molar-refractivity contribution in [2.45, 2.75) is 161 Å². The lowest BCUT2D eigenvalue weighted by molar-refractivity contribution is -0.161. The van der Waals surface area contributed by atoms with E-state index in [9.17, 15) is 19.0 Å². The Bertz CT molecular complexity index is 1020. The Labute approximate surface area is 310 Å². The van der Waals surface area contributed by atoms with Crippen LogP contribution in [-0.2, 0) is 32.7 Å². The van der Waals surface area contributed by atoms with Crippen molar-refractivity contribution >= 4 is 19.8 Å². The van der Waals surface area contributed by atoms with Crippen LogP contribution in [0.15, 0.2) is 60.8 Å². The molecule has 1 unspecified atom stereocenters. The maximum Gasteiger partial charge on any atom is 0.472 e. The summed E-state index contributed by atoms with van der Waals surface area (Å²) in [4.78, 5) is 34.7. The molecule has 0 aromatic heterocycles. The molecule has 0 heterocycles. The van der Waals surface area contributed by atoms with Crippen molar-refractivity contribution in [3.63, 3.8) is 0 Å². The zero-order chi connectivity index (χ0) is 37.5. The minimum atomic E-state index is -4.38. The molecule has 0 aromatic rings. The van der Waals surface area contributed by atoms with Crippen molar-refractivity contribution in [1.29, 1.82) is 0 Å². The van der Waals surface area contributed by atoms with Gasteiger partial charge in [0.05, 0.1) is 13.2 Å². The molecule has 0 fully saturated rings. The van der Waals surface area contributed by atoms with E-state index in [1.807, 2.05) is 0 Å². The van der Waals surface area contributed by atoms with Gasteiger partial charge in [0, 0.05) is 19.4 Å². The van der Waals surface area contributed by atoms with E-state index in [0.717, 1.165) is 83.5 Å². The normalized spacial score (nSPS) is 14.0. The predicted octanol–water partition coefficient (Wildman–Crippen LogP) is 10.9. The molecule has 0 aromatic carbocycles. The number of nitrogens with two attached hydrogens (primary N) is 1. The van der Waals surface area contributed by atoms with Crippen molar-refractivity contribution in [2.24, 2.45) is 5.73 Å². The Morgan fingerprint density at radius 3 is 1.63 bits per heavy atom. The molecule has 0 aliphatic heterocycles. The molecule has 3 N–H and O–H groups in total. The van der Waals surface area contributed by atoms with E-state index in [1.165, 1.54) is 32.1 Å². The summed E-state index contributed by atoms with van der Waals surface area (Å²) in [5.74, 6) is -0.873. The Balaban J connectivity index is 4.28. The maximum absolute atomic E-state index is 12.5. The van der Waals surface area contributed by atoms with Gasteiger partial charge in [-0.3, -0.25) is 18.6 Å². The molecule has 0 radical (unpaired) electrons. The number of phosphoric ester groups is 1. The molecule has 0 aliphatic rings. The van der Waals surface area contributed by atoms with Crippen LogP contribution in [0.25, 0.3) is 0 Å². The van der Waals surface area contributed by atoms with Gasteiger partial charge in [-0.05, 0) is 77.0 Å². The Hall–Kier alpha value is -2.29. The molecule has 9 nitrogen and oxygen atoms in total. The molecule has 0 aliphatic carbocycles. The first-order valence-electron chi connectivity index (χ1n) is 19.8. The third-order valence-electron chi connectivity index (χ3n) is 7.89. The van der Waals surface area contributed by atoms with Gasteiger partial charge in [-0.1, -0.05) is 126 Å². The van der Waals surface area contributed by atoms with Crippen LogP contribution in [0, 0.1) is 0 Å². The standard InChI is InChI=1S/C41H72NO8P/c1-3-5-7-9-11-13-15-17-18-19-20-22-24-26-28-30-32-34-41(44)50-39(38-49-51(45,46)48-36-35-42)37-47-40(43)33-31-29-27-25-23-21-16-14-12-10-8-6-4-2/h5,7,11,13-14,16-18,20,22,39H,3-4,6,8-10,12,15,19,21,23-38,42H2,1-2H3,(H,45,46)/b7-5-,13-11-,16-14-,18-17-,22-20-/t39-/m1/s1. The van der Waals surface area contributed by atoms with Gasteiger partial charge in [-0.2, -0.15) is 0 Å². The number of ether oxygens (including phenoxy) is 2. The third-order valence-corrected chi connectivity index (χ3v) is 8.87. The first-order chi connectivity index (χ1) is 24.8. The van der Waals surface area contributed by atoms with Gasteiger partial charge in [0.15, 0.2) is 6.10 Å². The highest BCUT2D eigenvalue weighted by molar-refractivity contribution is 7.47. The number of allylic oxidation sites excluding steroid dienone is 10. The minimum absolute atomic E-state index is 0.0453. The minimum Gasteiger partial charge on any atom is -0.462 e. The molecule has 294 valence electrons. The van der Waals surface area contributed by atoms with E-state index in [2.05, 4.69) is 74.6 Å². The van der Waals surface area contributed by atoms with E-state index >= 15 is 0 Å². The van der Waals surface area contributed by atoms with Gasteiger partial charge in [0.25, 0.3) is 0 Å². The molecular weight excluding hydrogens is 665 g/mol. The summed E-state index contributed by atoms with van der Waals surface area (Å²) in [7, 11) is -4.38. The Morgan fingerprint density at radius 1 is 0.608 bits per heavy atom. The number of carbonyl (C=O) groups excluding carboxylic acids is 2. The van der Waals surface area contributed by atoms with E-state index in [-0.39, 0.29) is 32.6 Å². The molecule has 0 amide bonds. The van der Waals surface area contributed by atoms with E-state index in [4.69, 9.17) is 24.3 Å². The monoisotopic (exact) mass is 737 g/mol. The highest BCUT2D eigenvalue weighted by Gasteiger charge is 2.25. The summed E-state index contributed by atoms with van der Waals surface area (Å²) in [6.45, 7) is 3.54. The highest BCUT2D eigenvalue weighted by atomic mass is 31.2. The van der Waals surface area contributed by atoms with E-state index in [0.29, 0.717) is 12.8 Å². The summed E-state index contributed by atoms with van der Waals surface area (Å²) >= 11 is 0. The predicted molar refractivity (Wildman–Crippen MR) is 210 cm³/mol. The molecule has 0 spiro atoms. The van der Waals surface area contributed by atoms with Gasteiger partial charge in [0.2, 0.25) is 0 Å². The second kappa shape index (κ2) is 37.5. The Morgan fingerprint density at radius 2 is 1.08 bits per heavy atom. The number of phosphoric acid groups is 1. The van der Waals surface area contributed by atoms with Crippen molar-refractivity contribution in [1.82, 2.24) is 0 Å². The smallest absolute Gasteiger partial charge is 0.462 e. The van der Waals surface area contributed by atoms with Crippen molar-refractivity contribution in [3.05, 3.63) is 60.8 Å². The summed E-state index contributed by atoms with van der Waals surface area (Å²) in [6.07, 6.45) is 42.5. The number of carbonyl (C=O) groups is 2. The number of hydrogen-bond acceptors (Lipinski definition) is 8. The lowest BCUT2D eigenvalue weighted by Gasteiger charge is -2.19. The average Bonchev–Trinajstić information content (AvgIpc) is 3.11. The first-order valence-corrected chi connectivity index (χ1v) is 21.3. The first kappa shape index (κ1) is 48.7. The van der Waals surface area contributed by atoms with Gasteiger partial charge >= 0.3 is 19.8 Å². The fourth-order valence-electron chi connectivity index (χ4n) is 4.97. The maximum atomic E-state index is 12.5. The third kappa shape index (κ3) is 37.3. The van der Waals surface area contributed by atoms with E-state index < -0.39 is 32.5 Å². The quantitative estimate of drug-likeness (QED) is 0.0279. The van der Waals surface area contributed by atoms with Gasteiger partial charge in [-0.15, -0.1) is 0 Å². The van der Waals surface area contributed by atoms with Crippen LogP contribution in [-0.4, -0.2) is 49.3 Å². The zero-order valence-corrected chi connectivity index (χ0v) is 33.0. The molecule has 0 saturated carbocycles. The second-order valence-corrected chi connectivity index (χ2v) is 14.2. The second-order valence-electron chi connectivity index (χ2n) is 12.8. The molecule has 0 saturated heterocycles. The van der Waals surface area contributed by atoms with Crippen molar-refractivity contribution < 1.29 is 37.6 Å². The van der Waals surface area contributed by atoms with Gasteiger partial charge in [-0.25, -0.2) is 4.57 Å². The molecular formula is C41H72NO8P. The molecule has 2 atom stereocenters. The lowest BCUT2D eigenvalue weighted by atomic mass is 10.1. The summed E-state index contributed by atoms with van der Waals surface area (Å²) in [5, 5.41) is 0. The zero-order valence-electron chi connectivity index (χ0n) is 32.1. The lowest BCUT2D eigenvalue weighted by Crippen LogP contribution is -2.29. The number of unbranched alkanes of at least 4 members (excludes halogenated alkanes) is 13. The van der Waals surface area contributed by atoms with Crippen LogP contribution in [0.5, 0.6) is 0 Å². The SMILES string of the molecule is CC/C=C\C/C=C\C/C=C\C/C=C\CCCCCCC(=O)O[C@H](COC(=O)CCCCCCC/C=C\CCCCCC)COP(=O)(O)OCCN. The number of hydrogen-bond donors (Lipinski definition) is 2. The van der Waals surface area contributed by atoms with Crippen LogP contribution in [0.4, 0.5) is 0 Å². The summed E-state index contributed by atoms with van der Waals surface area (Å²) < 4.78 is 32.6. The van der Waals surface area contributed by atoms with Crippen molar-refractivity contribution in [3.8, 4) is 0 Å². The topological polar surface area (TPSA) is 134 Å². The summed E-state index contributed by atoms with van der Waals surface area (Å²) in [6, 6.07) is 0. The largest absolute Gasteiger partial charge is 0.472 e. The highest BCUT2D eigenvalue weighted by Crippen LogP contribution is 2.43. The van der Waals surface area contributed by atoms with E-state index in [1.54, 1.807) is 0 Å².